The van der Waals surface area contributed by atoms with Crippen LogP contribution in [0.1, 0.15) is 21.8 Å². The summed E-state index contributed by atoms with van der Waals surface area (Å²) in [6.07, 6.45) is 0. The average Bonchev–Trinajstić information content (AvgIpc) is 3.02. The molecule has 3 aromatic rings. The monoisotopic (exact) mass is 356 g/mol. The predicted molar refractivity (Wildman–Crippen MR) is 93.0 cm³/mol. The lowest BCUT2D eigenvalue weighted by Gasteiger charge is -2.07. The number of sulfone groups is 1. The van der Waals surface area contributed by atoms with Gasteiger partial charge in [0.05, 0.1) is 16.3 Å². The Balaban J connectivity index is 1.77. The summed E-state index contributed by atoms with van der Waals surface area (Å²) in [6, 6.07) is 16.5. The van der Waals surface area contributed by atoms with Gasteiger partial charge in [0.1, 0.15) is 0 Å². The first-order valence-electron chi connectivity index (χ1n) is 7.55. The van der Waals surface area contributed by atoms with E-state index in [-0.39, 0.29) is 16.4 Å². The summed E-state index contributed by atoms with van der Waals surface area (Å²) in [5, 5.41) is 6.33. The van der Waals surface area contributed by atoms with Crippen molar-refractivity contribution in [1.29, 1.82) is 0 Å². The summed E-state index contributed by atoms with van der Waals surface area (Å²) >= 11 is 0. The zero-order valence-electron chi connectivity index (χ0n) is 13.5. The van der Waals surface area contributed by atoms with E-state index in [0.717, 1.165) is 0 Å². The highest BCUT2D eigenvalue weighted by Crippen LogP contribution is 2.19. The molecule has 0 bridgehead atoms. The number of nitrogens with zero attached hydrogens (tertiary/aromatic N) is 1. The summed E-state index contributed by atoms with van der Waals surface area (Å²) in [5.74, 6) is -0.495. The largest absolute Gasteiger partial charge is 0.351 e. The van der Waals surface area contributed by atoms with Crippen molar-refractivity contribution in [2.75, 3.05) is 5.32 Å². The number of carbonyl (C=O) groups is 1. The maximum atomic E-state index is 12.4. The van der Waals surface area contributed by atoms with Crippen LogP contribution in [0.25, 0.3) is 0 Å². The zero-order chi connectivity index (χ0) is 17.9. The Labute approximate surface area is 145 Å². The molecule has 0 fully saturated rings. The summed E-state index contributed by atoms with van der Waals surface area (Å²) in [7, 11) is -3.45. The predicted octanol–water partition coefficient (Wildman–Crippen LogP) is 3.21. The highest BCUT2D eigenvalue weighted by atomic mass is 32.2. The van der Waals surface area contributed by atoms with E-state index in [1.54, 1.807) is 61.5 Å². The number of anilines is 1. The minimum atomic E-state index is -3.45. The number of aryl methyl sites for hydroxylation is 1. The molecule has 0 aliphatic rings. The van der Waals surface area contributed by atoms with Crippen LogP contribution in [-0.4, -0.2) is 19.5 Å². The number of amides is 1. The second kappa shape index (κ2) is 6.90. The minimum absolute atomic E-state index is 0.0970. The third-order valence-electron chi connectivity index (χ3n) is 3.50. The molecule has 0 radical (unpaired) electrons. The molecule has 2 aromatic carbocycles. The van der Waals surface area contributed by atoms with Gasteiger partial charge < -0.3 is 9.84 Å². The van der Waals surface area contributed by atoms with Gasteiger partial charge >= 0.3 is 0 Å². The SMILES string of the molecule is Cc1cc(C(=O)Nc2cccc(CS(=O)(=O)c3ccccc3)c2)on1. The van der Waals surface area contributed by atoms with Gasteiger partial charge in [-0.2, -0.15) is 0 Å². The first-order valence-corrected chi connectivity index (χ1v) is 9.21. The van der Waals surface area contributed by atoms with Crippen molar-refractivity contribution >= 4 is 21.4 Å². The number of benzene rings is 2. The van der Waals surface area contributed by atoms with Crippen LogP contribution in [-0.2, 0) is 15.6 Å². The molecule has 0 saturated carbocycles. The molecule has 0 spiro atoms. The smallest absolute Gasteiger partial charge is 0.294 e. The second-order valence-electron chi connectivity index (χ2n) is 5.56. The molecule has 0 saturated heterocycles. The van der Waals surface area contributed by atoms with Gasteiger partial charge in [-0.1, -0.05) is 35.5 Å². The molecule has 0 unspecified atom stereocenters. The van der Waals surface area contributed by atoms with Gasteiger partial charge in [-0.25, -0.2) is 8.42 Å². The molecule has 6 nitrogen and oxygen atoms in total. The van der Waals surface area contributed by atoms with Crippen LogP contribution >= 0.6 is 0 Å². The number of hydrogen-bond acceptors (Lipinski definition) is 5. The molecular weight excluding hydrogens is 340 g/mol. The standard InChI is InChI=1S/C18H16N2O4S/c1-13-10-17(24-20-13)18(21)19-15-7-5-6-14(11-15)12-25(22,23)16-8-3-2-4-9-16/h2-11H,12H2,1H3,(H,19,21). The molecule has 1 heterocycles. The molecule has 1 amide bonds. The first kappa shape index (κ1) is 16.9. The Hall–Kier alpha value is -2.93. The van der Waals surface area contributed by atoms with E-state index >= 15 is 0 Å². The molecule has 0 atom stereocenters. The van der Waals surface area contributed by atoms with Crippen molar-refractivity contribution in [2.45, 2.75) is 17.6 Å². The maximum absolute atomic E-state index is 12.4. The Morgan fingerprint density at radius 2 is 1.84 bits per heavy atom. The molecule has 3 rings (SSSR count). The Kier molecular flexibility index (Phi) is 4.67. The van der Waals surface area contributed by atoms with Crippen LogP contribution in [0, 0.1) is 6.92 Å². The summed E-state index contributed by atoms with van der Waals surface area (Å²) in [5.41, 5.74) is 1.67. The van der Waals surface area contributed by atoms with E-state index in [9.17, 15) is 13.2 Å². The molecule has 1 aromatic heterocycles. The van der Waals surface area contributed by atoms with E-state index in [1.165, 1.54) is 6.07 Å². The van der Waals surface area contributed by atoms with E-state index in [2.05, 4.69) is 10.5 Å². The van der Waals surface area contributed by atoms with Gasteiger partial charge in [0, 0.05) is 11.8 Å². The van der Waals surface area contributed by atoms with Crippen molar-refractivity contribution in [1.82, 2.24) is 5.16 Å². The van der Waals surface area contributed by atoms with Crippen LogP contribution in [0.15, 0.2) is 70.1 Å². The fraction of sp³-hybridized carbons (Fsp3) is 0.111. The summed E-state index contributed by atoms with van der Waals surface area (Å²) in [4.78, 5) is 12.3. The van der Waals surface area contributed by atoms with Crippen LogP contribution in [0.3, 0.4) is 0 Å². The number of nitrogens with one attached hydrogen (secondary N) is 1. The Morgan fingerprint density at radius 3 is 2.52 bits per heavy atom. The van der Waals surface area contributed by atoms with Crippen molar-refractivity contribution < 1.29 is 17.7 Å². The zero-order valence-corrected chi connectivity index (χ0v) is 14.3. The quantitative estimate of drug-likeness (QED) is 0.758. The molecule has 0 aliphatic carbocycles. The van der Waals surface area contributed by atoms with Crippen LogP contribution in [0.4, 0.5) is 5.69 Å². The van der Waals surface area contributed by atoms with E-state index in [4.69, 9.17) is 4.52 Å². The molecular formula is C18H16N2O4S. The number of aromatic nitrogens is 1. The maximum Gasteiger partial charge on any atom is 0.294 e. The molecule has 25 heavy (non-hydrogen) atoms. The highest BCUT2D eigenvalue weighted by molar-refractivity contribution is 7.90. The van der Waals surface area contributed by atoms with Crippen LogP contribution in [0.2, 0.25) is 0 Å². The topological polar surface area (TPSA) is 89.3 Å². The molecule has 7 heteroatoms. The number of rotatable bonds is 5. The van der Waals surface area contributed by atoms with E-state index < -0.39 is 15.7 Å². The van der Waals surface area contributed by atoms with E-state index in [0.29, 0.717) is 16.9 Å². The third kappa shape index (κ3) is 4.13. The lowest BCUT2D eigenvalue weighted by molar-refractivity contribution is 0.0988. The second-order valence-corrected chi connectivity index (χ2v) is 7.55. The van der Waals surface area contributed by atoms with Crippen LogP contribution < -0.4 is 5.32 Å². The normalized spacial score (nSPS) is 11.2. The van der Waals surface area contributed by atoms with Crippen molar-refractivity contribution in [3.8, 4) is 0 Å². The van der Waals surface area contributed by atoms with Crippen molar-refractivity contribution in [3.63, 3.8) is 0 Å². The third-order valence-corrected chi connectivity index (χ3v) is 5.20. The van der Waals surface area contributed by atoms with Gasteiger partial charge in [0.25, 0.3) is 5.91 Å². The lowest BCUT2D eigenvalue weighted by atomic mass is 10.2. The van der Waals surface area contributed by atoms with Gasteiger partial charge in [-0.05, 0) is 36.8 Å². The van der Waals surface area contributed by atoms with Gasteiger partial charge in [0.2, 0.25) is 5.76 Å². The van der Waals surface area contributed by atoms with Crippen molar-refractivity contribution in [2.24, 2.45) is 0 Å². The fourth-order valence-corrected chi connectivity index (χ4v) is 3.69. The molecule has 1 N–H and O–H groups in total. The Bertz CT molecular complexity index is 995. The van der Waals surface area contributed by atoms with Gasteiger partial charge in [0.15, 0.2) is 9.84 Å². The van der Waals surface area contributed by atoms with Crippen LogP contribution in [0.5, 0.6) is 0 Å². The first-order chi connectivity index (χ1) is 11.9. The number of carbonyl (C=O) groups excluding carboxylic acids is 1. The molecule has 0 aliphatic heterocycles. The lowest BCUT2D eigenvalue weighted by Crippen LogP contribution is -2.11. The Morgan fingerprint density at radius 1 is 1.08 bits per heavy atom. The highest BCUT2D eigenvalue weighted by Gasteiger charge is 2.16. The van der Waals surface area contributed by atoms with E-state index in [1.807, 2.05) is 0 Å². The van der Waals surface area contributed by atoms with Gasteiger partial charge in [-0.15, -0.1) is 0 Å². The molecule has 128 valence electrons. The fourth-order valence-electron chi connectivity index (χ4n) is 2.33. The number of hydrogen-bond donors (Lipinski definition) is 1. The summed E-state index contributed by atoms with van der Waals surface area (Å²) < 4.78 is 29.8. The minimum Gasteiger partial charge on any atom is -0.351 e. The average molecular weight is 356 g/mol. The van der Waals surface area contributed by atoms with Gasteiger partial charge in [-0.3, -0.25) is 4.79 Å². The van der Waals surface area contributed by atoms with Crippen molar-refractivity contribution in [3.05, 3.63) is 77.7 Å². The summed E-state index contributed by atoms with van der Waals surface area (Å²) in [6.45, 7) is 1.72.